The SMILES string of the molecule is C[C@H]1OC(=O)[C@H](C(=O)c2ccccc2)[C@H]1c1ccccc1. The summed E-state index contributed by atoms with van der Waals surface area (Å²) in [5, 5.41) is 0. The number of cyclic esters (lactones) is 1. The van der Waals surface area contributed by atoms with Gasteiger partial charge < -0.3 is 4.74 Å². The molecule has 21 heavy (non-hydrogen) atoms. The van der Waals surface area contributed by atoms with E-state index in [2.05, 4.69) is 0 Å². The van der Waals surface area contributed by atoms with Crippen LogP contribution in [0.2, 0.25) is 0 Å². The average molecular weight is 280 g/mol. The molecule has 0 saturated carbocycles. The molecule has 0 radical (unpaired) electrons. The van der Waals surface area contributed by atoms with Crippen molar-refractivity contribution in [2.75, 3.05) is 0 Å². The highest BCUT2D eigenvalue weighted by Crippen LogP contribution is 2.38. The Morgan fingerprint density at radius 3 is 2.14 bits per heavy atom. The fraction of sp³-hybridized carbons (Fsp3) is 0.222. The zero-order valence-corrected chi connectivity index (χ0v) is 11.7. The second-order valence-corrected chi connectivity index (χ2v) is 5.29. The highest BCUT2D eigenvalue weighted by molar-refractivity contribution is 6.10. The van der Waals surface area contributed by atoms with Crippen LogP contribution in [0.4, 0.5) is 0 Å². The number of Topliss-reactive ketones (excluding diaryl/α,β-unsaturated/α-hetero) is 1. The number of carbonyl (C=O) groups is 2. The lowest BCUT2D eigenvalue weighted by atomic mass is 9.80. The average Bonchev–Trinajstić information content (AvgIpc) is 2.82. The van der Waals surface area contributed by atoms with Crippen LogP contribution in [0, 0.1) is 5.92 Å². The van der Waals surface area contributed by atoms with Gasteiger partial charge >= 0.3 is 5.97 Å². The third-order valence-electron chi connectivity index (χ3n) is 3.95. The van der Waals surface area contributed by atoms with Crippen LogP contribution in [0.25, 0.3) is 0 Å². The smallest absolute Gasteiger partial charge is 0.317 e. The van der Waals surface area contributed by atoms with Crippen molar-refractivity contribution in [3.63, 3.8) is 0 Å². The number of hydrogen-bond donors (Lipinski definition) is 0. The molecule has 3 atom stereocenters. The van der Waals surface area contributed by atoms with Crippen LogP contribution in [-0.2, 0) is 9.53 Å². The van der Waals surface area contributed by atoms with Crippen LogP contribution in [-0.4, -0.2) is 17.9 Å². The monoisotopic (exact) mass is 280 g/mol. The van der Waals surface area contributed by atoms with Crippen LogP contribution in [0.3, 0.4) is 0 Å². The molecule has 0 N–H and O–H groups in total. The molecule has 1 aliphatic rings. The maximum Gasteiger partial charge on any atom is 0.317 e. The Morgan fingerprint density at radius 1 is 0.952 bits per heavy atom. The molecule has 2 aromatic rings. The summed E-state index contributed by atoms with van der Waals surface area (Å²) in [6.45, 7) is 1.84. The van der Waals surface area contributed by atoms with Gasteiger partial charge in [-0.05, 0) is 12.5 Å². The van der Waals surface area contributed by atoms with Crippen molar-refractivity contribution in [2.24, 2.45) is 5.92 Å². The molecule has 106 valence electrons. The minimum atomic E-state index is -0.759. The normalized spacial score (nSPS) is 24.6. The number of ether oxygens (including phenoxy) is 1. The largest absolute Gasteiger partial charge is 0.461 e. The minimum absolute atomic E-state index is 0.168. The van der Waals surface area contributed by atoms with Gasteiger partial charge in [-0.25, -0.2) is 0 Å². The maximum atomic E-state index is 12.7. The Hall–Kier alpha value is -2.42. The van der Waals surface area contributed by atoms with E-state index in [-0.39, 0.29) is 17.8 Å². The first kappa shape index (κ1) is 13.6. The van der Waals surface area contributed by atoms with Gasteiger partial charge in [-0.3, -0.25) is 9.59 Å². The van der Waals surface area contributed by atoms with Crippen molar-refractivity contribution in [2.45, 2.75) is 18.9 Å². The minimum Gasteiger partial charge on any atom is -0.461 e. The Balaban J connectivity index is 1.99. The fourth-order valence-corrected chi connectivity index (χ4v) is 2.94. The molecule has 0 bridgehead atoms. The van der Waals surface area contributed by atoms with E-state index in [1.165, 1.54) is 0 Å². The second-order valence-electron chi connectivity index (χ2n) is 5.29. The van der Waals surface area contributed by atoms with Crippen LogP contribution in [0.5, 0.6) is 0 Å². The molecule has 0 spiro atoms. The number of ketones is 1. The van der Waals surface area contributed by atoms with E-state index in [4.69, 9.17) is 4.74 Å². The van der Waals surface area contributed by atoms with Gasteiger partial charge in [-0.15, -0.1) is 0 Å². The first-order valence-corrected chi connectivity index (χ1v) is 7.03. The molecule has 1 heterocycles. The van der Waals surface area contributed by atoms with Gasteiger partial charge in [-0.1, -0.05) is 60.7 Å². The van der Waals surface area contributed by atoms with Crippen molar-refractivity contribution < 1.29 is 14.3 Å². The van der Waals surface area contributed by atoms with Crippen molar-refractivity contribution in [3.8, 4) is 0 Å². The van der Waals surface area contributed by atoms with E-state index in [9.17, 15) is 9.59 Å². The van der Waals surface area contributed by atoms with Crippen LogP contribution >= 0.6 is 0 Å². The van der Waals surface area contributed by atoms with Crippen LogP contribution < -0.4 is 0 Å². The Kier molecular flexibility index (Phi) is 3.57. The highest BCUT2D eigenvalue weighted by Gasteiger charge is 2.47. The molecular formula is C18H16O3. The molecule has 1 fully saturated rings. The van der Waals surface area contributed by atoms with E-state index < -0.39 is 11.9 Å². The third kappa shape index (κ3) is 2.47. The lowest BCUT2D eigenvalue weighted by molar-refractivity contribution is -0.142. The first-order valence-electron chi connectivity index (χ1n) is 7.03. The van der Waals surface area contributed by atoms with Gasteiger partial charge in [0.15, 0.2) is 5.78 Å². The second kappa shape index (κ2) is 5.52. The quantitative estimate of drug-likeness (QED) is 0.492. The summed E-state index contributed by atoms with van der Waals surface area (Å²) in [7, 11) is 0. The van der Waals surface area contributed by atoms with Gasteiger partial charge in [0, 0.05) is 11.5 Å². The predicted molar refractivity (Wildman–Crippen MR) is 79.0 cm³/mol. The third-order valence-corrected chi connectivity index (χ3v) is 3.95. The molecule has 1 aliphatic heterocycles. The molecule has 1 saturated heterocycles. The van der Waals surface area contributed by atoms with E-state index in [1.807, 2.05) is 43.3 Å². The molecular weight excluding hydrogens is 264 g/mol. The summed E-state index contributed by atoms with van der Waals surface area (Å²) in [5.74, 6) is -1.58. The van der Waals surface area contributed by atoms with Crippen LogP contribution in [0.1, 0.15) is 28.8 Å². The fourth-order valence-electron chi connectivity index (χ4n) is 2.94. The van der Waals surface area contributed by atoms with Gasteiger partial charge in [0.25, 0.3) is 0 Å². The molecule has 3 heteroatoms. The summed E-state index contributed by atoms with van der Waals surface area (Å²) in [4.78, 5) is 24.8. The zero-order chi connectivity index (χ0) is 14.8. The topological polar surface area (TPSA) is 43.4 Å². The first-order chi connectivity index (χ1) is 10.2. The summed E-state index contributed by atoms with van der Waals surface area (Å²) in [6.07, 6.45) is -0.294. The predicted octanol–water partition coefficient (Wildman–Crippen LogP) is 3.21. The molecule has 0 aromatic heterocycles. The standard InChI is InChI=1S/C18H16O3/c1-12-15(13-8-4-2-5-9-13)16(18(20)21-12)17(19)14-10-6-3-7-11-14/h2-12,15-16H,1H3/t12-,15-,16+/m1/s1. The van der Waals surface area contributed by atoms with Crippen molar-refractivity contribution in [1.29, 1.82) is 0 Å². The van der Waals surface area contributed by atoms with Gasteiger partial charge in [-0.2, -0.15) is 0 Å². The number of hydrogen-bond acceptors (Lipinski definition) is 3. The molecule has 0 amide bonds. The van der Waals surface area contributed by atoms with E-state index in [1.54, 1.807) is 24.3 Å². The van der Waals surface area contributed by atoms with E-state index in [0.717, 1.165) is 5.56 Å². The Bertz CT molecular complexity index is 649. The summed E-state index contributed by atoms with van der Waals surface area (Å²) >= 11 is 0. The number of benzene rings is 2. The zero-order valence-electron chi connectivity index (χ0n) is 11.7. The Labute approximate surface area is 123 Å². The lowest BCUT2D eigenvalue weighted by Gasteiger charge is -2.18. The van der Waals surface area contributed by atoms with Gasteiger partial charge in [0.1, 0.15) is 12.0 Å². The summed E-state index contributed by atoms with van der Waals surface area (Å²) < 4.78 is 5.32. The van der Waals surface area contributed by atoms with Gasteiger partial charge in [0.2, 0.25) is 0 Å². The lowest BCUT2D eigenvalue weighted by Crippen LogP contribution is -2.26. The number of esters is 1. The van der Waals surface area contributed by atoms with Crippen molar-refractivity contribution in [3.05, 3.63) is 71.8 Å². The summed E-state index contributed by atoms with van der Waals surface area (Å²) in [5.41, 5.74) is 1.51. The molecule has 3 rings (SSSR count). The molecule has 0 unspecified atom stereocenters. The number of rotatable bonds is 3. The molecule has 0 aliphatic carbocycles. The highest BCUT2D eigenvalue weighted by atomic mass is 16.6. The summed E-state index contributed by atoms with van der Waals surface area (Å²) in [6, 6.07) is 18.5. The van der Waals surface area contributed by atoms with E-state index in [0.29, 0.717) is 5.56 Å². The maximum absolute atomic E-state index is 12.7. The Morgan fingerprint density at radius 2 is 1.52 bits per heavy atom. The van der Waals surface area contributed by atoms with Gasteiger partial charge in [0.05, 0.1) is 0 Å². The van der Waals surface area contributed by atoms with E-state index >= 15 is 0 Å². The molecule has 3 nitrogen and oxygen atoms in total. The van der Waals surface area contributed by atoms with Crippen LogP contribution in [0.15, 0.2) is 60.7 Å². The van der Waals surface area contributed by atoms with Crippen molar-refractivity contribution in [1.82, 2.24) is 0 Å². The van der Waals surface area contributed by atoms with Crippen molar-refractivity contribution >= 4 is 11.8 Å². The number of carbonyl (C=O) groups excluding carboxylic acids is 2. The molecule has 2 aromatic carbocycles.